The number of hydrogen-bond acceptors (Lipinski definition) is 4. The van der Waals surface area contributed by atoms with Gasteiger partial charge in [-0.1, -0.05) is 24.3 Å². The molecular formula is C16H10N4O. The van der Waals surface area contributed by atoms with Gasteiger partial charge in [0.2, 0.25) is 0 Å². The first-order chi connectivity index (χ1) is 10.3. The lowest BCUT2D eigenvalue weighted by Crippen LogP contribution is -2.27. The topological polar surface area (TPSA) is 78.5 Å². The van der Waals surface area contributed by atoms with Gasteiger partial charge in [-0.3, -0.25) is 9.78 Å². The van der Waals surface area contributed by atoms with Crippen molar-refractivity contribution in [1.29, 1.82) is 5.26 Å². The first-order valence-corrected chi connectivity index (χ1v) is 6.36. The predicted octanol–water partition coefficient (Wildman–Crippen LogP) is 2.11. The minimum absolute atomic E-state index is 0.151. The summed E-state index contributed by atoms with van der Waals surface area (Å²) in [6, 6.07) is 5.62. The van der Waals surface area contributed by atoms with Crippen molar-refractivity contribution in [2.24, 2.45) is 15.9 Å². The number of pyridine rings is 1. The highest BCUT2D eigenvalue weighted by Crippen LogP contribution is 2.19. The molecular weight excluding hydrogens is 264 g/mol. The van der Waals surface area contributed by atoms with Gasteiger partial charge in [-0.2, -0.15) is 10.3 Å². The fourth-order valence-corrected chi connectivity index (χ4v) is 2.06. The van der Waals surface area contributed by atoms with E-state index < -0.39 is 5.92 Å². The van der Waals surface area contributed by atoms with E-state index in [1.54, 1.807) is 42.8 Å². The SMILES string of the molecule is N#C/C(=C\c1cccnc1)C1=NC(=O)C2C=CC=CC2=N1. The molecule has 1 aromatic rings. The van der Waals surface area contributed by atoms with E-state index in [9.17, 15) is 10.1 Å². The Kier molecular flexibility index (Phi) is 3.36. The van der Waals surface area contributed by atoms with Gasteiger partial charge in [0.25, 0.3) is 5.91 Å². The van der Waals surface area contributed by atoms with E-state index >= 15 is 0 Å². The molecule has 0 spiro atoms. The van der Waals surface area contributed by atoms with E-state index in [2.05, 4.69) is 15.0 Å². The number of amidine groups is 1. The van der Waals surface area contributed by atoms with Crippen LogP contribution in [-0.2, 0) is 4.79 Å². The summed E-state index contributed by atoms with van der Waals surface area (Å²) in [4.78, 5) is 24.2. The lowest BCUT2D eigenvalue weighted by molar-refractivity contribution is -0.118. The molecule has 1 aromatic heterocycles. The second kappa shape index (κ2) is 5.47. The van der Waals surface area contributed by atoms with Gasteiger partial charge in [0.15, 0.2) is 5.84 Å². The smallest absolute Gasteiger partial charge is 0.260 e. The molecule has 1 atom stereocenters. The number of carbonyl (C=O) groups excluding carboxylic acids is 1. The summed E-state index contributed by atoms with van der Waals surface area (Å²) in [7, 11) is 0. The minimum atomic E-state index is -0.433. The average Bonchev–Trinajstić information content (AvgIpc) is 2.53. The molecule has 0 aromatic carbocycles. The molecule has 0 bridgehead atoms. The van der Waals surface area contributed by atoms with Gasteiger partial charge in [0, 0.05) is 12.4 Å². The molecule has 2 aliphatic rings. The molecule has 1 aliphatic heterocycles. The molecule has 21 heavy (non-hydrogen) atoms. The summed E-state index contributed by atoms with van der Waals surface area (Å²) in [6.07, 6.45) is 12.0. The zero-order chi connectivity index (χ0) is 14.7. The largest absolute Gasteiger partial charge is 0.271 e. The van der Waals surface area contributed by atoms with Gasteiger partial charge in [-0.25, -0.2) is 4.99 Å². The number of nitriles is 1. The predicted molar refractivity (Wildman–Crippen MR) is 79.5 cm³/mol. The molecule has 0 N–H and O–H groups in total. The molecule has 0 radical (unpaired) electrons. The Hall–Kier alpha value is -3.13. The maximum absolute atomic E-state index is 12.0. The van der Waals surface area contributed by atoms with Crippen LogP contribution in [0.3, 0.4) is 0 Å². The summed E-state index contributed by atoms with van der Waals surface area (Å²) in [5.41, 5.74) is 1.61. The van der Waals surface area contributed by atoms with Crippen molar-refractivity contribution >= 4 is 23.5 Å². The summed E-state index contributed by atoms with van der Waals surface area (Å²) in [5, 5.41) is 9.29. The third-order valence-corrected chi connectivity index (χ3v) is 3.07. The molecule has 0 saturated heterocycles. The first kappa shape index (κ1) is 12.9. The van der Waals surface area contributed by atoms with Crippen LogP contribution in [0.25, 0.3) is 6.08 Å². The van der Waals surface area contributed by atoms with Gasteiger partial charge in [-0.15, -0.1) is 0 Å². The van der Waals surface area contributed by atoms with E-state index in [-0.39, 0.29) is 17.3 Å². The van der Waals surface area contributed by atoms with E-state index in [4.69, 9.17) is 0 Å². The number of hydrogen-bond donors (Lipinski definition) is 0. The van der Waals surface area contributed by atoms with E-state index in [1.807, 2.05) is 18.2 Å². The van der Waals surface area contributed by atoms with Crippen LogP contribution in [0.15, 0.2) is 64.4 Å². The first-order valence-electron chi connectivity index (χ1n) is 6.36. The standard InChI is InChI=1S/C16H10N4O/c17-9-12(8-11-4-3-7-18-10-11)15-19-14-6-2-1-5-13(14)16(21)20-15/h1-8,10,13H/b12-8+. The quantitative estimate of drug-likeness (QED) is 0.775. The van der Waals surface area contributed by atoms with Crippen molar-refractivity contribution in [3.63, 3.8) is 0 Å². The van der Waals surface area contributed by atoms with Crippen molar-refractivity contribution in [3.8, 4) is 6.07 Å². The number of allylic oxidation sites excluding steroid dienone is 3. The van der Waals surface area contributed by atoms with Gasteiger partial charge >= 0.3 is 0 Å². The monoisotopic (exact) mass is 274 g/mol. The second-order valence-corrected chi connectivity index (χ2v) is 4.49. The molecule has 1 aliphatic carbocycles. The number of amides is 1. The van der Waals surface area contributed by atoms with Crippen molar-refractivity contribution < 1.29 is 4.79 Å². The summed E-state index contributed by atoms with van der Waals surface area (Å²) < 4.78 is 0. The Morgan fingerprint density at radius 2 is 2.24 bits per heavy atom. The highest BCUT2D eigenvalue weighted by molar-refractivity contribution is 6.26. The third-order valence-electron chi connectivity index (χ3n) is 3.07. The van der Waals surface area contributed by atoms with Crippen molar-refractivity contribution in [2.45, 2.75) is 0 Å². The number of carbonyl (C=O) groups is 1. The van der Waals surface area contributed by atoms with E-state index in [1.165, 1.54) is 0 Å². The maximum atomic E-state index is 12.0. The molecule has 3 rings (SSSR count). The molecule has 100 valence electrons. The maximum Gasteiger partial charge on any atom is 0.260 e. The van der Waals surface area contributed by atoms with E-state index in [0.717, 1.165) is 5.56 Å². The summed E-state index contributed by atoms with van der Waals surface area (Å²) in [5.74, 6) is -0.586. The van der Waals surface area contributed by atoms with Crippen molar-refractivity contribution in [1.82, 2.24) is 4.98 Å². The van der Waals surface area contributed by atoms with Crippen LogP contribution in [0.4, 0.5) is 0 Å². The van der Waals surface area contributed by atoms with Gasteiger partial charge < -0.3 is 0 Å². The Balaban J connectivity index is 2.00. The Morgan fingerprint density at radius 1 is 1.33 bits per heavy atom. The van der Waals surface area contributed by atoms with E-state index in [0.29, 0.717) is 5.71 Å². The Bertz CT molecular complexity index is 776. The third kappa shape index (κ3) is 2.60. The number of fused-ring (bicyclic) bond motifs is 1. The average molecular weight is 274 g/mol. The summed E-state index contributed by atoms with van der Waals surface area (Å²) in [6.45, 7) is 0. The van der Waals surface area contributed by atoms with Crippen molar-refractivity contribution in [3.05, 3.63) is 60.0 Å². The minimum Gasteiger partial charge on any atom is -0.271 e. The second-order valence-electron chi connectivity index (χ2n) is 4.49. The number of rotatable bonds is 2. The highest BCUT2D eigenvalue weighted by Gasteiger charge is 2.27. The van der Waals surface area contributed by atoms with Gasteiger partial charge in [0.05, 0.1) is 11.3 Å². The molecule has 2 heterocycles. The molecule has 5 heteroatoms. The number of aromatic nitrogens is 1. The van der Waals surface area contributed by atoms with Crippen molar-refractivity contribution in [2.75, 3.05) is 0 Å². The number of aliphatic imine (C=N–C) groups is 2. The molecule has 5 nitrogen and oxygen atoms in total. The van der Waals surface area contributed by atoms with Crippen LogP contribution in [-0.4, -0.2) is 22.4 Å². The summed E-state index contributed by atoms with van der Waals surface area (Å²) >= 11 is 0. The van der Waals surface area contributed by atoms with Gasteiger partial charge in [0.1, 0.15) is 12.0 Å². The lowest BCUT2D eigenvalue weighted by atomic mass is 9.96. The molecule has 0 fully saturated rings. The van der Waals surface area contributed by atoms with Crippen LogP contribution in [0.5, 0.6) is 0 Å². The zero-order valence-corrected chi connectivity index (χ0v) is 11.0. The van der Waals surface area contributed by atoms with Crippen LogP contribution < -0.4 is 0 Å². The molecule has 0 saturated carbocycles. The number of nitrogens with zero attached hydrogens (tertiary/aromatic N) is 4. The molecule has 1 amide bonds. The Morgan fingerprint density at radius 3 is 3.00 bits per heavy atom. The molecule has 1 unspecified atom stereocenters. The normalized spacial score (nSPS) is 20.4. The fraction of sp³-hybridized carbons (Fsp3) is 0.0625. The van der Waals surface area contributed by atoms with Gasteiger partial charge in [-0.05, 0) is 23.8 Å². The van der Waals surface area contributed by atoms with Crippen LogP contribution >= 0.6 is 0 Å². The Labute approximate surface area is 121 Å². The lowest BCUT2D eigenvalue weighted by Gasteiger charge is -2.17. The fourth-order valence-electron chi connectivity index (χ4n) is 2.06. The van der Waals surface area contributed by atoms with Crippen LogP contribution in [0, 0.1) is 17.2 Å². The zero-order valence-electron chi connectivity index (χ0n) is 11.0. The van der Waals surface area contributed by atoms with Crippen LogP contribution in [0.1, 0.15) is 5.56 Å². The van der Waals surface area contributed by atoms with Crippen LogP contribution in [0.2, 0.25) is 0 Å². The highest BCUT2D eigenvalue weighted by atomic mass is 16.1.